The van der Waals surface area contributed by atoms with Crippen molar-refractivity contribution in [2.75, 3.05) is 13.3 Å². The van der Waals surface area contributed by atoms with E-state index in [0.29, 0.717) is 0 Å². The summed E-state index contributed by atoms with van der Waals surface area (Å²) in [6.07, 6.45) is 1.13. The van der Waals surface area contributed by atoms with Gasteiger partial charge in [0.05, 0.1) is 15.5 Å². The van der Waals surface area contributed by atoms with Crippen LogP contribution in [0.2, 0.25) is 5.02 Å². The summed E-state index contributed by atoms with van der Waals surface area (Å²) in [5, 5.41) is 3.96. The molecule has 29 heavy (non-hydrogen) atoms. The number of sulfone groups is 1. The van der Waals surface area contributed by atoms with Gasteiger partial charge in [0.1, 0.15) is 22.8 Å². The lowest BCUT2D eigenvalue weighted by Crippen LogP contribution is -2.27. The highest BCUT2D eigenvalue weighted by atomic mass is 35.5. The SMILES string of the molecule is Cc1onc(-c2c(F)cccc2Cl)c1C(=O)N(C)Cc1ccc(S(C)(=O)=O)cc1. The fraction of sp³-hybridized carbons (Fsp3) is 0.200. The number of aromatic nitrogens is 1. The molecule has 2 aromatic carbocycles. The van der Waals surface area contributed by atoms with Gasteiger partial charge in [0, 0.05) is 19.8 Å². The summed E-state index contributed by atoms with van der Waals surface area (Å²) in [7, 11) is -1.72. The Morgan fingerprint density at radius 1 is 1.21 bits per heavy atom. The van der Waals surface area contributed by atoms with Crippen LogP contribution in [0.15, 0.2) is 51.9 Å². The van der Waals surface area contributed by atoms with Crippen molar-refractivity contribution in [1.29, 1.82) is 0 Å². The number of carbonyl (C=O) groups is 1. The summed E-state index contributed by atoms with van der Waals surface area (Å²) in [5.41, 5.74) is 0.884. The lowest BCUT2D eigenvalue weighted by atomic mass is 10.0. The van der Waals surface area contributed by atoms with Gasteiger partial charge in [0.15, 0.2) is 9.84 Å². The largest absolute Gasteiger partial charge is 0.360 e. The van der Waals surface area contributed by atoms with Gasteiger partial charge in [-0.2, -0.15) is 0 Å². The van der Waals surface area contributed by atoms with Crippen molar-refractivity contribution in [2.45, 2.75) is 18.4 Å². The van der Waals surface area contributed by atoms with Crippen LogP contribution in [0.5, 0.6) is 0 Å². The topological polar surface area (TPSA) is 80.5 Å². The number of halogens is 2. The molecule has 0 N–H and O–H groups in total. The molecule has 1 heterocycles. The lowest BCUT2D eigenvalue weighted by Gasteiger charge is -2.18. The molecule has 0 fully saturated rings. The molecule has 0 radical (unpaired) electrons. The summed E-state index contributed by atoms with van der Waals surface area (Å²) in [4.78, 5) is 14.6. The highest BCUT2D eigenvalue weighted by Gasteiger charge is 2.27. The van der Waals surface area contributed by atoms with Gasteiger partial charge in [-0.25, -0.2) is 12.8 Å². The van der Waals surface area contributed by atoms with Crippen molar-refractivity contribution >= 4 is 27.3 Å². The standard InChI is InChI=1S/C20H18ClFN2O4S/c1-12-17(19(23-28-12)18-15(21)5-4-6-16(18)22)20(25)24(2)11-13-7-9-14(10-8-13)29(3,26)27/h4-10H,11H2,1-3H3. The van der Waals surface area contributed by atoms with Gasteiger partial charge in [-0.1, -0.05) is 35.0 Å². The first-order valence-corrected chi connectivity index (χ1v) is 10.8. The van der Waals surface area contributed by atoms with Gasteiger partial charge in [0.25, 0.3) is 5.91 Å². The molecule has 3 rings (SSSR count). The van der Waals surface area contributed by atoms with Crippen molar-refractivity contribution < 1.29 is 22.1 Å². The molecule has 0 bridgehead atoms. The van der Waals surface area contributed by atoms with E-state index in [9.17, 15) is 17.6 Å². The predicted molar refractivity (Wildman–Crippen MR) is 107 cm³/mol. The molecule has 0 unspecified atom stereocenters. The van der Waals surface area contributed by atoms with Crippen LogP contribution in [-0.4, -0.2) is 37.7 Å². The third-order valence-electron chi connectivity index (χ3n) is 4.39. The average molecular weight is 437 g/mol. The van der Waals surface area contributed by atoms with Crippen LogP contribution in [0.1, 0.15) is 21.7 Å². The highest BCUT2D eigenvalue weighted by Crippen LogP contribution is 2.34. The Morgan fingerprint density at radius 2 is 1.86 bits per heavy atom. The summed E-state index contributed by atoms with van der Waals surface area (Å²) in [6.45, 7) is 1.77. The van der Waals surface area contributed by atoms with Crippen LogP contribution in [0.3, 0.4) is 0 Å². The number of hydrogen-bond acceptors (Lipinski definition) is 5. The second kappa shape index (κ2) is 7.96. The first-order chi connectivity index (χ1) is 13.6. The second-order valence-corrected chi connectivity index (χ2v) is 9.06. The van der Waals surface area contributed by atoms with Crippen molar-refractivity contribution in [3.8, 4) is 11.3 Å². The maximum Gasteiger partial charge on any atom is 0.259 e. The molecule has 1 aromatic heterocycles. The number of carbonyl (C=O) groups excluding carboxylic acids is 1. The minimum Gasteiger partial charge on any atom is -0.360 e. The maximum atomic E-state index is 14.3. The molecule has 1 amide bonds. The van der Waals surface area contributed by atoms with Crippen molar-refractivity contribution in [3.05, 3.63) is 70.2 Å². The van der Waals surface area contributed by atoms with Crippen LogP contribution in [-0.2, 0) is 16.4 Å². The van der Waals surface area contributed by atoms with Gasteiger partial charge in [0.2, 0.25) is 0 Å². The number of benzene rings is 2. The van der Waals surface area contributed by atoms with Crippen molar-refractivity contribution in [3.63, 3.8) is 0 Å². The Hall–Kier alpha value is -2.71. The monoisotopic (exact) mass is 436 g/mol. The van der Waals surface area contributed by atoms with E-state index in [2.05, 4.69) is 5.16 Å². The molecule has 6 nitrogen and oxygen atoms in total. The molecular formula is C20H18ClFN2O4S. The first kappa shape index (κ1) is 21.0. The molecule has 0 aliphatic rings. The third kappa shape index (κ3) is 4.33. The Morgan fingerprint density at radius 3 is 2.45 bits per heavy atom. The van der Waals surface area contributed by atoms with Crippen LogP contribution in [0.25, 0.3) is 11.3 Å². The Kier molecular flexibility index (Phi) is 5.77. The van der Waals surface area contributed by atoms with E-state index in [4.69, 9.17) is 16.1 Å². The lowest BCUT2D eigenvalue weighted by molar-refractivity contribution is 0.0784. The zero-order valence-electron chi connectivity index (χ0n) is 15.9. The minimum absolute atomic E-state index is 0.000252. The molecular weight excluding hydrogens is 419 g/mol. The van der Waals surface area contributed by atoms with Crippen LogP contribution in [0.4, 0.5) is 4.39 Å². The second-order valence-electron chi connectivity index (χ2n) is 6.64. The molecule has 0 saturated heterocycles. The maximum absolute atomic E-state index is 14.3. The van der Waals surface area contributed by atoms with Gasteiger partial charge < -0.3 is 9.42 Å². The number of rotatable bonds is 5. The molecule has 3 aromatic rings. The van der Waals surface area contributed by atoms with Gasteiger partial charge >= 0.3 is 0 Å². The Bertz CT molecular complexity index is 1150. The van der Waals surface area contributed by atoms with E-state index >= 15 is 0 Å². The van der Waals surface area contributed by atoms with Crippen molar-refractivity contribution in [1.82, 2.24) is 10.1 Å². The minimum atomic E-state index is -3.30. The summed E-state index contributed by atoms with van der Waals surface area (Å²) in [6, 6.07) is 10.4. The van der Waals surface area contributed by atoms with E-state index in [0.717, 1.165) is 11.8 Å². The molecule has 152 valence electrons. The molecule has 9 heteroatoms. The summed E-state index contributed by atoms with van der Waals surface area (Å²) in [5.74, 6) is -0.798. The smallest absolute Gasteiger partial charge is 0.259 e. The Labute approximate surface area is 172 Å². The predicted octanol–water partition coefficient (Wildman–Crippen LogP) is 4.12. The normalized spacial score (nSPS) is 11.5. The van der Waals surface area contributed by atoms with E-state index in [1.807, 2.05) is 0 Å². The third-order valence-corrected chi connectivity index (χ3v) is 5.84. The van der Waals surface area contributed by atoms with Gasteiger partial charge in [-0.3, -0.25) is 4.79 Å². The molecule has 0 saturated carbocycles. The zero-order valence-corrected chi connectivity index (χ0v) is 17.5. The zero-order chi connectivity index (χ0) is 21.3. The van der Waals surface area contributed by atoms with Gasteiger partial charge in [-0.05, 0) is 36.8 Å². The number of hydrogen-bond donors (Lipinski definition) is 0. The van der Waals surface area contributed by atoms with E-state index in [-0.39, 0.29) is 39.0 Å². The fourth-order valence-electron chi connectivity index (χ4n) is 2.90. The van der Waals surface area contributed by atoms with Gasteiger partial charge in [-0.15, -0.1) is 0 Å². The molecule has 0 aliphatic heterocycles. The summed E-state index contributed by atoms with van der Waals surface area (Å²) >= 11 is 6.12. The summed E-state index contributed by atoms with van der Waals surface area (Å²) < 4.78 is 42.6. The first-order valence-electron chi connectivity index (χ1n) is 8.54. The van der Waals surface area contributed by atoms with Crippen LogP contribution < -0.4 is 0 Å². The Balaban J connectivity index is 1.90. The van der Waals surface area contributed by atoms with Crippen LogP contribution in [0, 0.1) is 12.7 Å². The van der Waals surface area contributed by atoms with E-state index in [1.54, 1.807) is 26.1 Å². The van der Waals surface area contributed by atoms with E-state index < -0.39 is 21.6 Å². The van der Waals surface area contributed by atoms with E-state index in [1.165, 1.54) is 35.2 Å². The highest BCUT2D eigenvalue weighted by molar-refractivity contribution is 7.90. The van der Waals surface area contributed by atoms with Crippen molar-refractivity contribution in [2.24, 2.45) is 0 Å². The fourth-order valence-corrected chi connectivity index (χ4v) is 3.78. The molecule has 0 spiro atoms. The number of aryl methyl sites for hydroxylation is 1. The molecule has 0 atom stereocenters. The van der Waals surface area contributed by atoms with Crippen LogP contribution >= 0.6 is 11.6 Å². The number of amides is 1. The number of nitrogens with zero attached hydrogens (tertiary/aromatic N) is 2. The average Bonchev–Trinajstić information content (AvgIpc) is 3.01. The molecule has 0 aliphatic carbocycles. The quantitative estimate of drug-likeness (QED) is 0.601.